The van der Waals surface area contributed by atoms with Gasteiger partial charge in [0.15, 0.2) is 0 Å². The van der Waals surface area contributed by atoms with Crippen LogP contribution < -0.4 is 5.32 Å². The van der Waals surface area contributed by atoms with Gasteiger partial charge in [-0.15, -0.1) is 0 Å². The Hall–Kier alpha value is -2.23. The van der Waals surface area contributed by atoms with Crippen molar-refractivity contribution in [3.8, 4) is 0 Å². The zero-order chi connectivity index (χ0) is 16.5. The Labute approximate surface area is 130 Å². The van der Waals surface area contributed by atoms with Crippen molar-refractivity contribution >= 4 is 11.6 Å². The molecule has 22 heavy (non-hydrogen) atoms. The van der Waals surface area contributed by atoms with Gasteiger partial charge in [0.05, 0.1) is 5.69 Å². The fourth-order valence-electron chi connectivity index (χ4n) is 2.43. The van der Waals surface area contributed by atoms with Crippen molar-refractivity contribution in [3.05, 3.63) is 58.7 Å². The average molecular weight is 300 g/mol. The number of halogens is 1. The van der Waals surface area contributed by atoms with E-state index in [2.05, 4.69) is 31.1 Å². The van der Waals surface area contributed by atoms with Gasteiger partial charge in [0.2, 0.25) is 0 Å². The number of nitrogens with zero attached hydrogens (tertiary/aromatic N) is 1. The van der Waals surface area contributed by atoms with E-state index in [0.717, 1.165) is 16.8 Å². The molecule has 1 N–H and O–H groups in total. The number of rotatable bonds is 2. The molecule has 0 bridgehead atoms. The lowest BCUT2D eigenvalue weighted by Crippen LogP contribution is -2.18. The molecule has 1 aromatic carbocycles. The van der Waals surface area contributed by atoms with Gasteiger partial charge in [-0.05, 0) is 54.7 Å². The molecular formula is C18H21FN2O. The SMILES string of the molecule is Cc1cccc(C(=O)Nc2cc(C(C)(C)C)c(C)cc2F)n1. The fraction of sp³-hybridized carbons (Fsp3) is 0.333. The molecule has 0 spiro atoms. The molecule has 2 aromatic rings. The number of carbonyl (C=O) groups excluding carboxylic acids is 1. The summed E-state index contributed by atoms with van der Waals surface area (Å²) < 4.78 is 14.1. The first-order chi connectivity index (χ1) is 10.2. The van der Waals surface area contributed by atoms with Crippen molar-refractivity contribution in [2.75, 3.05) is 5.32 Å². The number of anilines is 1. The second-order valence-corrected chi connectivity index (χ2v) is 6.52. The van der Waals surface area contributed by atoms with Gasteiger partial charge in [0.25, 0.3) is 5.91 Å². The molecule has 0 radical (unpaired) electrons. The minimum Gasteiger partial charge on any atom is -0.318 e. The third-order valence-corrected chi connectivity index (χ3v) is 3.49. The van der Waals surface area contributed by atoms with E-state index in [4.69, 9.17) is 0 Å². The molecule has 2 rings (SSSR count). The van der Waals surface area contributed by atoms with Crippen LogP contribution in [0, 0.1) is 19.7 Å². The summed E-state index contributed by atoms with van der Waals surface area (Å²) in [5, 5.41) is 2.62. The molecule has 116 valence electrons. The highest BCUT2D eigenvalue weighted by Crippen LogP contribution is 2.30. The molecule has 0 saturated carbocycles. The molecule has 0 atom stereocenters. The standard InChI is InChI=1S/C18H21FN2O/c1-11-9-14(19)16(10-13(11)18(3,4)5)21-17(22)15-8-6-7-12(2)20-15/h6-10H,1-5H3,(H,21,22). The maximum absolute atomic E-state index is 14.1. The Morgan fingerprint density at radius 2 is 1.86 bits per heavy atom. The second-order valence-electron chi connectivity index (χ2n) is 6.52. The zero-order valence-corrected chi connectivity index (χ0v) is 13.6. The van der Waals surface area contributed by atoms with E-state index >= 15 is 0 Å². The lowest BCUT2D eigenvalue weighted by atomic mass is 9.84. The predicted molar refractivity (Wildman–Crippen MR) is 86.8 cm³/mol. The fourth-order valence-corrected chi connectivity index (χ4v) is 2.43. The lowest BCUT2D eigenvalue weighted by molar-refractivity contribution is 0.102. The van der Waals surface area contributed by atoms with Gasteiger partial charge >= 0.3 is 0 Å². The van der Waals surface area contributed by atoms with Gasteiger partial charge in [0.1, 0.15) is 11.5 Å². The third-order valence-electron chi connectivity index (χ3n) is 3.49. The molecule has 1 heterocycles. The molecule has 0 saturated heterocycles. The maximum atomic E-state index is 14.1. The zero-order valence-electron chi connectivity index (χ0n) is 13.6. The van der Waals surface area contributed by atoms with Gasteiger partial charge in [-0.1, -0.05) is 26.8 Å². The Morgan fingerprint density at radius 3 is 2.45 bits per heavy atom. The van der Waals surface area contributed by atoms with E-state index in [1.807, 2.05) is 6.92 Å². The summed E-state index contributed by atoms with van der Waals surface area (Å²) in [4.78, 5) is 16.4. The van der Waals surface area contributed by atoms with E-state index < -0.39 is 11.7 Å². The van der Waals surface area contributed by atoms with Gasteiger partial charge in [-0.2, -0.15) is 0 Å². The smallest absolute Gasteiger partial charge is 0.274 e. The first-order valence-corrected chi connectivity index (χ1v) is 7.24. The number of nitrogens with one attached hydrogen (secondary N) is 1. The molecule has 0 aliphatic carbocycles. The Bertz CT molecular complexity index is 718. The highest BCUT2D eigenvalue weighted by Gasteiger charge is 2.20. The van der Waals surface area contributed by atoms with Crippen LogP contribution in [0.1, 0.15) is 48.1 Å². The monoisotopic (exact) mass is 300 g/mol. The van der Waals surface area contributed by atoms with Crippen molar-refractivity contribution in [1.82, 2.24) is 4.98 Å². The summed E-state index contributed by atoms with van der Waals surface area (Å²) >= 11 is 0. The molecule has 4 heteroatoms. The molecule has 0 aliphatic rings. The van der Waals surface area contributed by atoms with E-state index in [0.29, 0.717) is 0 Å². The van der Waals surface area contributed by atoms with Gasteiger partial charge in [-0.3, -0.25) is 4.79 Å². The Kier molecular flexibility index (Phi) is 4.31. The largest absolute Gasteiger partial charge is 0.318 e. The summed E-state index contributed by atoms with van der Waals surface area (Å²) in [5.41, 5.74) is 2.95. The summed E-state index contributed by atoms with van der Waals surface area (Å²) in [5.74, 6) is -0.849. The van der Waals surface area contributed by atoms with Crippen LogP contribution in [0.5, 0.6) is 0 Å². The van der Waals surface area contributed by atoms with Crippen molar-refractivity contribution < 1.29 is 9.18 Å². The highest BCUT2D eigenvalue weighted by molar-refractivity contribution is 6.03. The van der Waals surface area contributed by atoms with E-state index in [9.17, 15) is 9.18 Å². The molecule has 3 nitrogen and oxygen atoms in total. The van der Waals surface area contributed by atoms with Crippen molar-refractivity contribution in [3.63, 3.8) is 0 Å². The topological polar surface area (TPSA) is 42.0 Å². The van der Waals surface area contributed by atoms with Crippen molar-refractivity contribution in [2.24, 2.45) is 0 Å². The molecule has 0 aliphatic heterocycles. The first-order valence-electron chi connectivity index (χ1n) is 7.24. The normalized spacial score (nSPS) is 11.4. The minimum absolute atomic E-state index is 0.126. The number of amides is 1. The molecule has 0 unspecified atom stereocenters. The van der Waals surface area contributed by atoms with Gasteiger partial charge in [-0.25, -0.2) is 9.37 Å². The highest BCUT2D eigenvalue weighted by atomic mass is 19.1. The number of hydrogen-bond acceptors (Lipinski definition) is 2. The van der Waals surface area contributed by atoms with Crippen LogP contribution in [-0.4, -0.2) is 10.9 Å². The van der Waals surface area contributed by atoms with E-state index in [1.54, 1.807) is 31.2 Å². The number of hydrogen-bond donors (Lipinski definition) is 1. The van der Waals surface area contributed by atoms with Crippen LogP contribution in [0.15, 0.2) is 30.3 Å². The van der Waals surface area contributed by atoms with Crippen LogP contribution in [0.3, 0.4) is 0 Å². The number of aromatic nitrogens is 1. The summed E-state index contributed by atoms with van der Waals surface area (Å²) in [6, 6.07) is 8.33. The van der Waals surface area contributed by atoms with Crippen molar-refractivity contribution in [1.29, 1.82) is 0 Å². The number of aryl methyl sites for hydroxylation is 2. The Morgan fingerprint density at radius 1 is 1.18 bits per heavy atom. The quantitative estimate of drug-likeness (QED) is 0.894. The van der Waals surface area contributed by atoms with Crippen molar-refractivity contribution in [2.45, 2.75) is 40.0 Å². The van der Waals surface area contributed by atoms with Crippen LogP contribution in [0.4, 0.5) is 10.1 Å². The number of benzene rings is 1. The van der Waals surface area contributed by atoms with Crippen LogP contribution in [0.2, 0.25) is 0 Å². The molecular weight excluding hydrogens is 279 g/mol. The Balaban J connectivity index is 2.35. The number of pyridine rings is 1. The van der Waals surface area contributed by atoms with Gasteiger partial charge < -0.3 is 5.32 Å². The minimum atomic E-state index is -0.438. The lowest BCUT2D eigenvalue weighted by Gasteiger charge is -2.23. The maximum Gasteiger partial charge on any atom is 0.274 e. The summed E-state index contributed by atoms with van der Waals surface area (Å²) in [6.45, 7) is 9.85. The van der Waals surface area contributed by atoms with E-state index in [1.165, 1.54) is 6.07 Å². The van der Waals surface area contributed by atoms with Gasteiger partial charge in [0, 0.05) is 5.69 Å². The summed E-state index contributed by atoms with van der Waals surface area (Å²) in [7, 11) is 0. The van der Waals surface area contributed by atoms with E-state index in [-0.39, 0.29) is 16.8 Å². The second kappa shape index (κ2) is 5.87. The molecule has 1 amide bonds. The van der Waals surface area contributed by atoms with Crippen LogP contribution in [-0.2, 0) is 5.41 Å². The van der Waals surface area contributed by atoms with Crippen LogP contribution in [0.25, 0.3) is 0 Å². The molecule has 1 aromatic heterocycles. The molecule has 0 fully saturated rings. The number of carbonyl (C=O) groups is 1. The van der Waals surface area contributed by atoms with Crippen LogP contribution >= 0.6 is 0 Å². The average Bonchev–Trinajstić information content (AvgIpc) is 2.40. The predicted octanol–water partition coefficient (Wildman–Crippen LogP) is 4.39. The third kappa shape index (κ3) is 3.50. The summed E-state index contributed by atoms with van der Waals surface area (Å²) in [6.07, 6.45) is 0. The first kappa shape index (κ1) is 16.1.